The van der Waals surface area contributed by atoms with Crippen molar-refractivity contribution in [3.8, 4) is 0 Å². The molecule has 3 aromatic carbocycles. The summed E-state index contributed by atoms with van der Waals surface area (Å²) in [5.74, 6) is -5.51. The number of halogens is 3. The van der Waals surface area contributed by atoms with Gasteiger partial charge in [0.15, 0.2) is 17.4 Å². The Bertz CT molecular complexity index is 1040. The van der Waals surface area contributed by atoms with Gasteiger partial charge in [-0.2, -0.15) is 0 Å². The fourth-order valence-electron chi connectivity index (χ4n) is 2.96. The van der Waals surface area contributed by atoms with Crippen LogP contribution in [0.15, 0.2) is 72.8 Å². The van der Waals surface area contributed by atoms with Gasteiger partial charge >= 0.3 is 5.97 Å². The van der Waals surface area contributed by atoms with Gasteiger partial charge in [0.2, 0.25) is 0 Å². The fraction of sp³-hybridized carbons (Fsp3) is 0.167. The molecule has 1 N–H and O–H groups in total. The van der Waals surface area contributed by atoms with Crippen molar-refractivity contribution in [1.29, 1.82) is 0 Å². The molecule has 1 unspecified atom stereocenters. The predicted molar refractivity (Wildman–Crippen MR) is 109 cm³/mol. The lowest BCUT2D eigenvalue weighted by molar-refractivity contribution is -0.145. The molecule has 0 saturated carbocycles. The van der Waals surface area contributed by atoms with Crippen LogP contribution in [0.4, 0.5) is 13.2 Å². The summed E-state index contributed by atoms with van der Waals surface area (Å²) < 4.78 is 46.2. The third kappa shape index (κ3) is 6.26. The topological polar surface area (TPSA) is 55.4 Å². The van der Waals surface area contributed by atoms with E-state index in [4.69, 9.17) is 4.74 Å². The Kier molecular flexibility index (Phi) is 7.56. The van der Waals surface area contributed by atoms with E-state index < -0.39 is 47.2 Å². The standard InChI is InChI=1S/C24H20F3NO3/c25-19-12-21(27)20(26)11-18(19)24(30)22(28-14-16-7-3-1-4-8-16)13-23(29)31-15-17-9-5-2-6-10-17/h1-12,22,28H,13-15H2. The highest BCUT2D eigenvalue weighted by atomic mass is 19.2. The SMILES string of the molecule is O=C(CC(NCc1ccccc1)C(=O)c1cc(F)c(F)cc1F)OCc1ccccc1. The van der Waals surface area contributed by atoms with Crippen LogP contribution in [0.5, 0.6) is 0 Å². The van der Waals surface area contributed by atoms with Crippen molar-refractivity contribution in [3.05, 3.63) is 107 Å². The van der Waals surface area contributed by atoms with Crippen molar-refractivity contribution in [3.63, 3.8) is 0 Å². The number of carbonyl (C=O) groups excluding carboxylic acids is 2. The van der Waals surface area contributed by atoms with E-state index >= 15 is 0 Å². The van der Waals surface area contributed by atoms with Gasteiger partial charge in [-0.1, -0.05) is 60.7 Å². The summed E-state index contributed by atoms with van der Waals surface area (Å²) in [6.07, 6.45) is -0.406. The number of hydrogen-bond donors (Lipinski definition) is 1. The van der Waals surface area contributed by atoms with Gasteiger partial charge in [-0.25, -0.2) is 13.2 Å². The van der Waals surface area contributed by atoms with Crippen LogP contribution < -0.4 is 5.32 Å². The van der Waals surface area contributed by atoms with Crippen molar-refractivity contribution in [1.82, 2.24) is 5.32 Å². The molecule has 0 heterocycles. The Balaban J connectivity index is 1.74. The van der Waals surface area contributed by atoms with Crippen molar-refractivity contribution in [2.45, 2.75) is 25.6 Å². The highest BCUT2D eigenvalue weighted by Gasteiger charge is 2.27. The molecule has 0 aliphatic carbocycles. The predicted octanol–water partition coefficient (Wildman–Crippen LogP) is 4.58. The molecule has 3 rings (SSSR count). The molecule has 0 fully saturated rings. The Labute approximate surface area is 177 Å². The third-order valence-corrected chi connectivity index (χ3v) is 4.60. The Morgan fingerprint density at radius 3 is 2.03 bits per heavy atom. The second-order valence-electron chi connectivity index (χ2n) is 6.88. The average Bonchev–Trinajstić information content (AvgIpc) is 2.78. The van der Waals surface area contributed by atoms with E-state index in [0.717, 1.165) is 11.1 Å². The number of esters is 1. The van der Waals surface area contributed by atoms with Crippen molar-refractivity contribution < 1.29 is 27.5 Å². The second kappa shape index (κ2) is 10.5. The maximum absolute atomic E-state index is 14.1. The highest BCUT2D eigenvalue weighted by molar-refractivity contribution is 6.02. The first-order valence-electron chi connectivity index (χ1n) is 9.59. The van der Waals surface area contributed by atoms with Gasteiger partial charge in [0.1, 0.15) is 12.4 Å². The van der Waals surface area contributed by atoms with Gasteiger partial charge in [-0.15, -0.1) is 0 Å². The second-order valence-corrected chi connectivity index (χ2v) is 6.88. The van der Waals surface area contributed by atoms with Crippen LogP contribution in [0.3, 0.4) is 0 Å². The molecule has 0 aliphatic rings. The monoisotopic (exact) mass is 427 g/mol. The molecule has 0 bridgehead atoms. The first kappa shape index (κ1) is 22.2. The molecule has 0 aromatic heterocycles. The fourth-order valence-corrected chi connectivity index (χ4v) is 2.96. The first-order valence-corrected chi connectivity index (χ1v) is 9.59. The lowest BCUT2D eigenvalue weighted by Gasteiger charge is -2.18. The highest BCUT2D eigenvalue weighted by Crippen LogP contribution is 2.17. The van der Waals surface area contributed by atoms with Gasteiger partial charge in [0, 0.05) is 12.6 Å². The van der Waals surface area contributed by atoms with Gasteiger partial charge in [-0.3, -0.25) is 9.59 Å². The van der Waals surface area contributed by atoms with Crippen molar-refractivity contribution in [2.75, 3.05) is 0 Å². The summed E-state index contributed by atoms with van der Waals surface area (Å²) in [5.41, 5.74) is 0.951. The molecule has 3 aromatic rings. The van der Waals surface area contributed by atoms with Crippen LogP contribution in [0.2, 0.25) is 0 Å². The molecule has 0 radical (unpaired) electrons. The van der Waals surface area contributed by atoms with Crippen LogP contribution in [0, 0.1) is 17.5 Å². The summed E-state index contributed by atoms with van der Waals surface area (Å²) >= 11 is 0. The largest absolute Gasteiger partial charge is 0.461 e. The van der Waals surface area contributed by atoms with Gasteiger partial charge in [0.25, 0.3) is 0 Å². The molecule has 4 nitrogen and oxygen atoms in total. The van der Waals surface area contributed by atoms with Crippen molar-refractivity contribution >= 4 is 11.8 Å². The zero-order chi connectivity index (χ0) is 22.2. The van der Waals surface area contributed by atoms with Gasteiger partial charge < -0.3 is 10.1 Å². The smallest absolute Gasteiger partial charge is 0.308 e. The summed E-state index contributed by atoms with van der Waals surface area (Å²) in [5, 5.41) is 2.89. The van der Waals surface area contributed by atoms with Crippen LogP contribution in [-0.4, -0.2) is 17.8 Å². The molecule has 0 aliphatic heterocycles. The number of hydrogen-bond acceptors (Lipinski definition) is 4. The van der Waals surface area contributed by atoms with E-state index in [1.54, 1.807) is 48.5 Å². The van der Waals surface area contributed by atoms with Gasteiger partial charge in [0.05, 0.1) is 18.0 Å². The molecule has 31 heavy (non-hydrogen) atoms. The van der Waals surface area contributed by atoms with Crippen LogP contribution >= 0.6 is 0 Å². The van der Waals surface area contributed by atoms with E-state index in [2.05, 4.69) is 5.32 Å². The van der Waals surface area contributed by atoms with Crippen LogP contribution in [0.1, 0.15) is 27.9 Å². The van der Waals surface area contributed by atoms with Crippen LogP contribution in [0.25, 0.3) is 0 Å². The molecule has 0 saturated heterocycles. The molecule has 160 valence electrons. The molecule has 0 spiro atoms. The van der Waals surface area contributed by atoms with Crippen LogP contribution in [-0.2, 0) is 22.7 Å². The summed E-state index contributed by atoms with van der Waals surface area (Å²) in [7, 11) is 0. The van der Waals surface area contributed by atoms with E-state index in [-0.39, 0.29) is 13.2 Å². The number of rotatable bonds is 9. The van der Waals surface area contributed by atoms with Crippen molar-refractivity contribution in [2.24, 2.45) is 0 Å². The summed E-state index contributed by atoms with van der Waals surface area (Å²) in [4.78, 5) is 25.2. The van der Waals surface area contributed by atoms with E-state index in [1.807, 2.05) is 12.1 Å². The average molecular weight is 427 g/mol. The number of benzene rings is 3. The lowest BCUT2D eigenvalue weighted by atomic mass is 10.00. The molecule has 1 atom stereocenters. The van der Waals surface area contributed by atoms with E-state index in [0.29, 0.717) is 12.1 Å². The third-order valence-electron chi connectivity index (χ3n) is 4.60. The Hall–Kier alpha value is -3.45. The maximum Gasteiger partial charge on any atom is 0.308 e. The summed E-state index contributed by atoms with van der Waals surface area (Å²) in [6, 6.07) is 17.6. The lowest BCUT2D eigenvalue weighted by Crippen LogP contribution is -2.39. The number of ketones is 1. The number of ether oxygens (including phenoxy) is 1. The number of carbonyl (C=O) groups is 2. The summed E-state index contributed by atoms with van der Waals surface area (Å²) in [6.45, 7) is 0.216. The maximum atomic E-state index is 14.1. The molecular weight excluding hydrogens is 407 g/mol. The Morgan fingerprint density at radius 2 is 1.39 bits per heavy atom. The first-order chi connectivity index (χ1) is 14.9. The quantitative estimate of drug-likeness (QED) is 0.309. The molecule has 7 heteroatoms. The van der Waals surface area contributed by atoms with E-state index in [9.17, 15) is 22.8 Å². The minimum Gasteiger partial charge on any atom is -0.461 e. The Morgan fingerprint density at radius 1 is 0.806 bits per heavy atom. The minimum atomic E-state index is -1.40. The van der Waals surface area contributed by atoms with Gasteiger partial charge in [-0.05, 0) is 17.2 Å². The number of nitrogens with one attached hydrogen (secondary N) is 1. The molecule has 0 amide bonds. The zero-order valence-corrected chi connectivity index (χ0v) is 16.5. The zero-order valence-electron chi connectivity index (χ0n) is 16.5. The number of Topliss-reactive ketones (excluding diaryl/α,β-unsaturated/α-hetero) is 1. The molecular formula is C24H20F3NO3. The van der Waals surface area contributed by atoms with E-state index in [1.165, 1.54) is 0 Å². The minimum absolute atomic E-state index is 0.0127. The normalized spacial score (nSPS) is 11.7.